The van der Waals surface area contributed by atoms with E-state index >= 15 is 0 Å². The molecule has 6 nitrogen and oxygen atoms in total. The predicted octanol–water partition coefficient (Wildman–Crippen LogP) is 5.68. The zero-order valence-corrected chi connectivity index (χ0v) is 22.0. The molecule has 0 bridgehead atoms. The molecule has 0 aromatic carbocycles. The van der Waals surface area contributed by atoms with Gasteiger partial charge >= 0.3 is 5.97 Å². The molecular weight excluding hydrogens is 422 g/mol. The van der Waals surface area contributed by atoms with Crippen LogP contribution < -0.4 is 0 Å². The van der Waals surface area contributed by atoms with Gasteiger partial charge < -0.3 is 14.3 Å². The molecule has 3 fully saturated rings. The van der Waals surface area contributed by atoms with Crippen LogP contribution in [0.3, 0.4) is 0 Å². The van der Waals surface area contributed by atoms with Gasteiger partial charge in [-0.2, -0.15) is 4.91 Å². The Morgan fingerprint density at radius 1 is 1.16 bits per heavy atom. The number of carbonyl (C=O) groups is 1. The average molecular weight is 468 g/mol. The van der Waals surface area contributed by atoms with Crippen LogP contribution in [-0.2, 0) is 14.0 Å². The van der Waals surface area contributed by atoms with Crippen molar-refractivity contribution >= 4 is 14.3 Å². The number of aliphatic hydroxyl groups is 1. The van der Waals surface area contributed by atoms with Gasteiger partial charge in [-0.25, -0.2) is 0 Å². The number of hydrogen-bond acceptors (Lipinski definition) is 6. The molecule has 0 spiro atoms. The SMILES string of the molecule is C[C@H]1CC[C@H]2C[C@H](CN=O)C[C@H](O)[C@@H]2[C@H]1CC[C@@H]1C[C@@H](O[Si](C)(C)C(C)(C)C)CC(=O)O1. The Hall–Kier alpha value is -0.793. The first-order chi connectivity index (χ1) is 14.9. The molecule has 3 rings (SSSR count). The standard InChI is InChI=1S/C25H45NO5Si/c1-16-7-8-18-11-17(15-26-29)12-22(27)24(18)21(16)10-9-19-13-20(14-23(28)30-19)31-32(5,6)25(2,3)4/h16-22,24,27H,7-15H2,1-6H3/t16-,17-,18-,19+,20+,21-,22-,24-/m0/s1. The molecule has 0 unspecified atom stereocenters. The summed E-state index contributed by atoms with van der Waals surface area (Å²) < 4.78 is 12.3. The molecule has 0 aromatic rings. The van der Waals surface area contributed by atoms with Crippen molar-refractivity contribution in [2.24, 2.45) is 34.8 Å². The van der Waals surface area contributed by atoms with Crippen LogP contribution in [0.25, 0.3) is 0 Å². The monoisotopic (exact) mass is 467 g/mol. The maximum absolute atomic E-state index is 12.4. The quantitative estimate of drug-likeness (QED) is 0.296. The summed E-state index contributed by atoms with van der Waals surface area (Å²) in [5.41, 5.74) is 0. The molecule has 184 valence electrons. The van der Waals surface area contributed by atoms with Crippen LogP contribution >= 0.6 is 0 Å². The molecule has 1 saturated heterocycles. The van der Waals surface area contributed by atoms with E-state index in [0.29, 0.717) is 43.1 Å². The maximum Gasteiger partial charge on any atom is 0.308 e. The van der Waals surface area contributed by atoms with Crippen molar-refractivity contribution in [2.45, 2.75) is 116 Å². The summed E-state index contributed by atoms with van der Waals surface area (Å²) in [7, 11) is -1.93. The molecule has 3 aliphatic rings. The van der Waals surface area contributed by atoms with Crippen LogP contribution in [0.5, 0.6) is 0 Å². The highest BCUT2D eigenvalue weighted by Gasteiger charge is 2.46. The lowest BCUT2D eigenvalue weighted by molar-refractivity contribution is -0.160. The first kappa shape index (κ1) is 25.8. The summed E-state index contributed by atoms with van der Waals surface area (Å²) in [6, 6.07) is 0. The number of fused-ring (bicyclic) bond motifs is 1. The van der Waals surface area contributed by atoms with Gasteiger partial charge in [0.2, 0.25) is 0 Å². The average Bonchev–Trinajstić information content (AvgIpc) is 2.66. The van der Waals surface area contributed by atoms with Crippen molar-refractivity contribution in [3.63, 3.8) is 0 Å². The molecule has 8 atom stereocenters. The summed E-state index contributed by atoms with van der Waals surface area (Å²) in [5, 5.41) is 14.2. The summed E-state index contributed by atoms with van der Waals surface area (Å²) in [5.74, 6) is 1.86. The third-order valence-electron chi connectivity index (χ3n) is 9.06. The fourth-order valence-electron chi connectivity index (χ4n) is 6.32. The molecule has 0 radical (unpaired) electrons. The van der Waals surface area contributed by atoms with Crippen LogP contribution in [0.4, 0.5) is 0 Å². The van der Waals surface area contributed by atoms with E-state index in [1.54, 1.807) is 0 Å². The molecule has 1 N–H and O–H groups in total. The second-order valence-electron chi connectivity index (χ2n) is 12.4. The Morgan fingerprint density at radius 2 is 1.88 bits per heavy atom. The maximum atomic E-state index is 12.4. The van der Waals surface area contributed by atoms with Crippen molar-refractivity contribution in [2.75, 3.05) is 6.54 Å². The minimum absolute atomic E-state index is 0.0458. The second kappa shape index (κ2) is 10.2. The molecule has 0 aromatic heterocycles. The normalized spacial score (nSPS) is 38.7. The molecule has 1 heterocycles. The van der Waals surface area contributed by atoms with Gasteiger partial charge in [0.1, 0.15) is 6.10 Å². The predicted molar refractivity (Wildman–Crippen MR) is 129 cm³/mol. The Kier molecular flexibility index (Phi) is 8.25. The van der Waals surface area contributed by atoms with Gasteiger partial charge in [-0.15, -0.1) is 0 Å². The summed E-state index contributed by atoms with van der Waals surface area (Å²) in [6.45, 7) is 13.8. The molecule has 2 aliphatic carbocycles. The Bertz CT molecular complexity index is 663. The van der Waals surface area contributed by atoms with Gasteiger partial charge in [-0.3, -0.25) is 4.79 Å². The van der Waals surface area contributed by atoms with E-state index in [9.17, 15) is 14.8 Å². The van der Waals surface area contributed by atoms with Gasteiger partial charge in [-0.05, 0) is 79.8 Å². The van der Waals surface area contributed by atoms with Crippen LogP contribution in [0.15, 0.2) is 5.18 Å². The number of esters is 1. The fraction of sp³-hybridized carbons (Fsp3) is 0.960. The van der Waals surface area contributed by atoms with Crippen LogP contribution in [0, 0.1) is 34.5 Å². The molecule has 0 amide bonds. The Labute approximate surface area is 195 Å². The van der Waals surface area contributed by atoms with Gasteiger partial charge in [0, 0.05) is 6.42 Å². The minimum atomic E-state index is -1.93. The van der Waals surface area contributed by atoms with E-state index in [2.05, 4.69) is 46.0 Å². The number of cyclic esters (lactones) is 1. The van der Waals surface area contributed by atoms with Gasteiger partial charge in [0.15, 0.2) is 8.32 Å². The van der Waals surface area contributed by atoms with E-state index in [0.717, 1.165) is 32.1 Å². The lowest BCUT2D eigenvalue weighted by Gasteiger charge is -2.49. The van der Waals surface area contributed by atoms with E-state index in [4.69, 9.17) is 9.16 Å². The zero-order valence-electron chi connectivity index (χ0n) is 21.0. The minimum Gasteiger partial charge on any atom is -0.462 e. The topological polar surface area (TPSA) is 85.2 Å². The van der Waals surface area contributed by atoms with Crippen molar-refractivity contribution in [3.05, 3.63) is 4.91 Å². The highest BCUT2D eigenvalue weighted by atomic mass is 28.4. The number of carbonyl (C=O) groups excluding carboxylic acids is 1. The third kappa shape index (κ3) is 6.01. The largest absolute Gasteiger partial charge is 0.462 e. The van der Waals surface area contributed by atoms with E-state index < -0.39 is 8.32 Å². The van der Waals surface area contributed by atoms with Crippen molar-refractivity contribution in [3.8, 4) is 0 Å². The highest BCUT2D eigenvalue weighted by molar-refractivity contribution is 6.74. The fourth-order valence-corrected chi connectivity index (χ4v) is 7.69. The number of nitrogens with zero attached hydrogens (tertiary/aromatic N) is 1. The number of aliphatic hydroxyl groups excluding tert-OH is 1. The summed E-state index contributed by atoms with van der Waals surface area (Å²) in [4.78, 5) is 23.1. The highest BCUT2D eigenvalue weighted by Crippen LogP contribution is 2.50. The lowest BCUT2D eigenvalue weighted by atomic mass is 9.58. The first-order valence-corrected chi connectivity index (χ1v) is 15.7. The smallest absolute Gasteiger partial charge is 0.308 e. The first-order valence-electron chi connectivity index (χ1n) is 12.8. The van der Waals surface area contributed by atoms with Gasteiger partial charge in [-0.1, -0.05) is 39.3 Å². The van der Waals surface area contributed by atoms with Gasteiger partial charge in [0.25, 0.3) is 0 Å². The van der Waals surface area contributed by atoms with E-state index in [1.807, 2.05) is 0 Å². The lowest BCUT2D eigenvalue weighted by Crippen LogP contribution is -2.48. The van der Waals surface area contributed by atoms with E-state index in [-0.39, 0.29) is 35.2 Å². The zero-order chi connectivity index (χ0) is 23.7. The van der Waals surface area contributed by atoms with Crippen LogP contribution in [-0.4, -0.2) is 44.2 Å². The second-order valence-corrected chi connectivity index (χ2v) is 17.2. The Balaban J connectivity index is 1.60. The number of rotatable bonds is 7. The van der Waals surface area contributed by atoms with Crippen LogP contribution in [0.2, 0.25) is 18.1 Å². The van der Waals surface area contributed by atoms with E-state index in [1.165, 1.54) is 6.42 Å². The molecule has 32 heavy (non-hydrogen) atoms. The van der Waals surface area contributed by atoms with Crippen molar-refractivity contribution in [1.82, 2.24) is 0 Å². The van der Waals surface area contributed by atoms with Crippen LogP contribution in [0.1, 0.15) is 79.1 Å². The number of hydrogen-bond donors (Lipinski definition) is 1. The number of ether oxygens (including phenoxy) is 1. The molecule has 2 saturated carbocycles. The third-order valence-corrected chi connectivity index (χ3v) is 13.6. The van der Waals surface area contributed by atoms with Crippen molar-refractivity contribution < 1.29 is 19.1 Å². The summed E-state index contributed by atoms with van der Waals surface area (Å²) >= 11 is 0. The van der Waals surface area contributed by atoms with Crippen molar-refractivity contribution in [1.29, 1.82) is 0 Å². The number of nitroso groups, excluding NO2 is 1. The molecule has 7 heteroatoms. The Morgan fingerprint density at radius 3 is 2.53 bits per heavy atom. The summed E-state index contributed by atoms with van der Waals surface area (Å²) in [6.07, 6.45) is 6.47. The van der Waals surface area contributed by atoms with Gasteiger partial charge in [0.05, 0.1) is 25.2 Å². The molecular formula is C25H45NO5Si. The molecule has 1 aliphatic heterocycles.